The Balaban J connectivity index is 0.00000280. The van der Waals surface area contributed by atoms with Crippen LogP contribution in [-0.4, -0.2) is 60.6 Å². The highest BCUT2D eigenvalue weighted by atomic mass is 127. The molecule has 0 atom stereocenters. The van der Waals surface area contributed by atoms with Gasteiger partial charge in [-0.25, -0.2) is 4.98 Å². The van der Waals surface area contributed by atoms with Crippen molar-refractivity contribution in [2.45, 2.75) is 26.5 Å². The zero-order valence-electron chi connectivity index (χ0n) is 16.7. The SMILES string of the molecule is CCc1nsc(N2CCN(C(=NC)NCc3ccccc3COC)CC2)n1.I. The summed E-state index contributed by atoms with van der Waals surface area (Å²) < 4.78 is 9.69. The van der Waals surface area contributed by atoms with Crippen molar-refractivity contribution in [3.8, 4) is 0 Å². The minimum absolute atomic E-state index is 0. The first-order valence-electron chi connectivity index (χ1n) is 9.34. The van der Waals surface area contributed by atoms with Gasteiger partial charge in [-0.05, 0) is 11.1 Å². The van der Waals surface area contributed by atoms with E-state index in [1.807, 2.05) is 13.1 Å². The van der Waals surface area contributed by atoms with Crippen LogP contribution in [0.15, 0.2) is 29.3 Å². The fourth-order valence-corrected chi connectivity index (χ4v) is 3.96. The molecule has 1 aliphatic heterocycles. The van der Waals surface area contributed by atoms with Crippen molar-refractivity contribution in [2.24, 2.45) is 4.99 Å². The summed E-state index contributed by atoms with van der Waals surface area (Å²) in [6.45, 7) is 7.14. The van der Waals surface area contributed by atoms with Crippen LogP contribution in [0.2, 0.25) is 0 Å². The summed E-state index contributed by atoms with van der Waals surface area (Å²) in [5.41, 5.74) is 2.44. The molecule has 9 heteroatoms. The number of aliphatic imine (C=N–C) groups is 1. The standard InChI is InChI=1S/C19H28N6OS.HI/c1-4-17-22-19(27-23-17)25-11-9-24(10-12-25)18(20-2)21-13-15-7-5-6-8-16(15)14-26-3;/h5-8H,4,9-14H2,1-3H3,(H,20,21);1H. The Morgan fingerprint density at radius 1 is 1.21 bits per heavy atom. The average molecular weight is 516 g/mol. The molecule has 1 aromatic heterocycles. The summed E-state index contributed by atoms with van der Waals surface area (Å²) in [5, 5.41) is 4.53. The largest absolute Gasteiger partial charge is 0.380 e. The minimum atomic E-state index is 0. The van der Waals surface area contributed by atoms with E-state index in [9.17, 15) is 0 Å². The Morgan fingerprint density at radius 3 is 2.54 bits per heavy atom. The number of guanidine groups is 1. The molecular formula is C19H29IN6OS. The fraction of sp³-hybridized carbons (Fsp3) is 0.526. The van der Waals surface area contributed by atoms with Gasteiger partial charge in [0.05, 0.1) is 6.61 Å². The average Bonchev–Trinajstić information content (AvgIpc) is 3.20. The lowest BCUT2D eigenvalue weighted by Crippen LogP contribution is -2.52. The third-order valence-electron chi connectivity index (χ3n) is 4.69. The molecule has 7 nitrogen and oxygen atoms in total. The van der Waals surface area contributed by atoms with Crippen molar-refractivity contribution >= 4 is 46.6 Å². The zero-order valence-corrected chi connectivity index (χ0v) is 19.9. The second kappa shape index (κ2) is 11.5. The second-order valence-corrected chi connectivity index (χ2v) is 7.15. The number of piperazine rings is 1. The van der Waals surface area contributed by atoms with Crippen molar-refractivity contribution in [3.05, 3.63) is 41.2 Å². The van der Waals surface area contributed by atoms with Gasteiger partial charge in [0.15, 0.2) is 5.96 Å². The van der Waals surface area contributed by atoms with E-state index in [1.54, 1.807) is 7.11 Å². The molecule has 154 valence electrons. The first kappa shape index (κ1) is 22.8. The molecule has 2 aromatic rings. The van der Waals surface area contributed by atoms with Crippen LogP contribution < -0.4 is 10.2 Å². The quantitative estimate of drug-likeness (QED) is 0.362. The maximum atomic E-state index is 5.30. The van der Waals surface area contributed by atoms with E-state index in [0.717, 1.165) is 56.1 Å². The lowest BCUT2D eigenvalue weighted by Gasteiger charge is -2.36. The van der Waals surface area contributed by atoms with Crippen LogP contribution in [0, 0.1) is 0 Å². The zero-order chi connectivity index (χ0) is 19.1. The molecule has 0 radical (unpaired) electrons. The molecule has 1 aliphatic rings. The number of halogens is 1. The van der Waals surface area contributed by atoms with Crippen molar-refractivity contribution < 1.29 is 4.74 Å². The van der Waals surface area contributed by atoms with E-state index in [1.165, 1.54) is 22.7 Å². The highest BCUT2D eigenvalue weighted by molar-refractivity contribution is 14.0. The minimum Gasteiger partial charge on any atom is -0.380 e. The van der Waals surface area contributed by atoms with E-state index in [2.05, 4.69) is 54.6 Å². The number of nitrogens with one attached hydrogen (secondary N) is 1. The smallest absolute Gasteiger partial charge is 0.205 e. The molecule has 1 fully saturated rings. The molecule has 0 unspecified atom stereocenters. The van der Waals surface area contributed by atoms with Gasteiger partial charge in [-0.1, -0.05) is 31.2 Å². The van der Waals surface area contributed by atoms with Crippen molar-refractivity contribution in [1.82, 2.24) is 19.6 Å². The summed E-state index contributed by atoms with van der Waals surface area (Å²) in [5.74, 6) is 1.87. The van der Waals surface area contributed by atoms with E-state index in [0.29, 0.717) is 6.61 Å². The lowest BCUT2D eigenvalue weighted by molar-refractivity contribution is 0.184. The van der Waals surface area contributed by atoms with E-state index in [-0.39, 0.29) is 24.0 Å². The molecule has 3 rings (SSSR count). The Kier molecular flexibility index (Phi) is 9.39. The van der Waals surface area contributed by atoms with Crippen LogP contribution in [0.3, 0.4) is 0 Å². The first-order chi connectivity index (χ1) is 13.2. The molecule has 0 saturated carbocycles. The Labute approximate surface area is 188 Å². The van der Waals surface area contributed by atoms with Gasteiger partial charge in [0, 0.05) is 64.8 Å². The maximum Gasteiger partial charge on any atom is 0.205 e. The van der Waals surface area contributed by atoms with Crippen LogP contribution in [0.4, 0.5) is 5.13 Å². The van der Waals surface area contributed by atoms with Crippen LogP contribution in [0.25, 0.3) is 0 Å². The van der Waals surface area contributed by atoms with Crippen LogP contribution in [-0.2, 0) is 24.3 Å². The summed E-state index contributed by atoms with van der Waals surface area (Å²) in [4.78, 5) is 13.7. The number of anilines is 1. The molecule has 0 spiro atoms. The fourth-order valence-electron chi connectivity index (χ4n) is 3.16. The summed E-state index contributed by atoms with van der Waals surface area (Å²) in [6.07, 6.45) is 0.886. The van der Waals surface area contributed by atoms with E-state index >= 15 is 0 Å². The highest BCUT2D eigenvalue weighted by Crippen LogP contribution is 2.19. The molecule has 0 aliphatic carbocycles. The topological polar surface area (TPSA) is 65.9 Å². The number of hydrogen-bond donors (Lipinski definition) is 1. The third kappa shape index (κ3) is 5.77. The highest BCUT2D eigenvalue weighted by Gasteiger charge is 2.22. The number of nitrogens with zero attached hydrogens (tertiary/aromatic N) is 5. The first-order valence-corrected chi connectivity index (χ1v) is 10.1. The van der Waals surface area contributed by atoms with Crippen LogP contribution in [0.1, 0.15) is 23.9 Å². The lowest BCUT2D eigenvalue weighted by atomic mass is 10.1. The van der Waals surface area contributed by atoms with Gasteiger partial charge in [-0.2, -0.15) is 4.37 Å². The van der Waals surface area contributed by atoms with Crippen molar-refractivity contribution in [3.63, 3.8) is 0 Å². The number of methoxy groups -OCH3 is 1. The van der Waals surface area contributed by atoms with Gasteiger partial charge in [-0.15, -0.1) is 24.0 Å². The van der Waals surface area contributed by atoms with E-state index in [4.69, 9.17) is 4.74 Å². The number of aromatic nitrogens is 2. The Hall–Kier alpha value is -1.46. The van der Waals surface area contributed by atoms with Crippen LogP contribution in [0.5, 0.6) is 0 Å². The van der Waals surface area contributed by atoms with Gasteiger partial charge in [-0.3, -0.25) is 4.99 Å². The second-order valence-electron chi connectivity index (χ2n) is 6.42. The maximum absolute atomic E-state index is 5.30. The molecule has 1 aromatic carbocycles. The van der Waals surface area contributed by atoms with Gasteiger partial charge < -0.3 is 19.9 Å². The predicted molar refractivity (Wildman–Crippen MR) is 126 cm³/mol. The summed E-state index contributed by atoms with van der Waals surface area (Å²) in [6, 6.07) is 8.34. The Bertz CT molecular complexity index is 760. The molecule has 2 heterocycles. The molecule has 1 N–H and O–H groups in total. The third-order valence-corrected chi connectivity index (χ3v) is 5.51. The number of benzene rings is 1. The van der Waals surface area contributed by atoms with Gasteiger partial charge in [0.1, 0.15) is 5.82 Å². The van der Waals surface area contributed by atoms with Gasteiger partial charge in [0.25, 0.3) is 0 Å². The monoisotopic (exact) mass is 516 g/mol. The predicted octanol–water partition coefficient (Wildman–Crippen LogP) is 2.76. The van der Waals surface area contributed by atoms with E-state index < -0.39 is 0 Å². The van der Waals surface area contributed by atoms with Gasteiger partial charge >= 0.3 is 0 Å². The molecule has 0 bridgehead atoms. The Morgan fingerprint density at radius 2 is 1.93 bits per heavy atom. The normalized spacial score (nSPS) is 14.8. The number of aryl methyl sites for hydroxylation is 1. The van der Waals surface area contributed by atoms with Crippen molar-refractivity contribution in [2.75, 3.05) is 45.2 Å². The molecule has 28 heavy (non-hydrogen) atoms. The van der Waals surface area contributed by atoms with Crippen LogP contribution >= 0.6 is 35.5 Å². The molecule has 1 saturated heterocycles. The number of hydrogen-bond acceptors (Lipinski definition) is 6. The number of rotatable bonds is 6. The molecular weight excluding hydrogens is 487 g/mol. The van der Waals surface area contributed by atoms with Crippen molar-refractivity contribution in [1.29, 1.82) is 0 Å². The van der Waals surface area contributed by atoms with Gasteiger partial charge in [0.2, 0.25) is 5.13 Å². The number of ether oxygens (including phenoxy) is 1. The molecule has 0 amide bonds. The summed E-state index contributed by atoms with van der Waals surface area (Å²) in [7, 11) is 3.57. The summed E-state index contributed by atoms with van der Waals surface area (Å²) >= 11 is 1.50.